The van der Waals surface area contributed by atoms with E-state index in [9.17, 15) is 14.5 Å². The van der Waals surface area contributed by atoms with Crippen molar-refractivity contribution in [2.45, 2.75) is 58.3 Å². The molecule has 6 atom stereocenters. The molecule has 0 aliphatic carbocycles. The number of ether oxygens (including phenoxy) is 2. The van der Waals surface area contributed by atoms with Crippen molar-refractivity contribution in [2.24, 2.45) is 16.1 Å². The first-order chi connectivity index (χ1) is 14.3. The van der Waals surface area contributed by atoms with Gasteiger partial charge in [-0.15, -0.1) is 0 Å². The molecule has 10 nitrogen and oxygen atoms in total. The first kappa shape index (κ1) is 25.5. The quantitative estimate of drug-likeness (QED) is 0.344. The number of halogens is 1. The Morgan fingerprint density at radius 1 is 1.55 bits per heavy atom. The normalized spacial score (nSPS) is 31.5. The molecule has 0 bridgehead atoms. The Balaban J connectivity index is 2.08. The number of aliphatic imine (C=N–C) groups is 1. The molecule has 0 aromatic heterocycles. The molecule has 2 rings (SSSR count). The number of hydrogen-bond acceptors (Lipinski definition) is 9. The topological polar surface area (TPSA) is 136 Å². The summed E-state index contributed by atoms with van der Waals surface area (Å²) in [5.41, 5.74) is 4.28. The fourth-order valence-electron chi connectivity index (χ4n) is 3.28. The van der Waals surface area contributed by atoms with Crippen LogP contribution in [0.5, 0.6) is 0 Å². The zero-order valence-electron chi connectivity index (χ0n) is 18.4. The molecule has 0 aromatic rings. The van der Waals surface area contributed by atoms with Gasteiger partial charge in [0.2, 0.25) is 0 Å². The molecular formula is C19H32FN4O6P. The van der Waals surface area contributed by atoms with Crippen LogP contribution in [-0.2, 0) is 23.4 Å². The molecule has 0 amide bonds. The van der Waals surface area contributed by atoms with Crippen LogP contribution >= 0.6 is 7.52 Å². The number of nitrogens with zero attached hydrogens (tertiary/aromatic N) is 2. The van der Waals surface area contributed by atoms with E-state index in [1.54, 1.807) is 13.8 Å². The Labute approximate surface area is 181 Å². The smallest absolute Gasteiger partial charge is 0.323 e. The molecule has 0 saturated carbocycles. The molecule has 31 heavy (non-hydrogen) atoms. The van der Waals surface area contributed by atoms with Crippen LogP contribution in [0.4, 0.5) is 4.39 Å². The minimum atomic E-state index is -3.51. The van der Waals surface area contributed by atoms with Gasteiger partial charge in [-0.3, -0.25) is 9.36 Å². The number of esters is 1. The first-order valence-electron chi connectivity index (χ1n) is 9.91. The van der Waals surface area contributed by atoms with E-state index in [0.29, 0.717) is 0 Å². The van der Waals surface area contributed by atoms with E-state index in [0.717, 1.165) is 0 Å². The van der Waals surface area contributed by atoms with Crippen molar-refractivity contribution in [1.82, 2.24) is 9.99 Å². The van der Waals surface area contributed by atoms with E-state index < -0.39 is 50.1 Å². The number of amidine groups is 1. The van der Waals surface area contributed by atoms with Gasteiger partial charge in [-0.05, 0) is 26.8 Å². The maximum Gasteiger partial charge on any atom is 0.323 e. The van der Waals surface area contributed by atoms with Crippen molar-refractivity contribution in [1.29, 1.82) is 0 Å². The maximum absolute atomic E-state index is 15.5. The summed E-state index contributed by atoms with van der Waals surface area (Å²) in [6.07, 6.45) is -1.07. The van der Waals surface area contributed by atoms with E-state index in [-0.39, 0.29) is 24.4 Å². The Kier molecular flexibility index (Phi) is 8.04. The minimum Gasteiger partial charge on any atom is -0.462 e. The second-order valence-corrected chi connectivity index (χ2v) is 10.4. The molecular weight excluding hydrogens is 430 g/mol. The van der Waals surface area contributed by atoms with Crippen LogP contribution < -0.4 is 10.8 Å². The Bertz CT molecular complexity index is 806. The van der Waals surface area contributed by atoms with Gasteiger partial charge in [-0.1, -0.05) is 13.5 Å². The number of alkyl halides is 1. The van der Waals surface area contributed by atoms with E-state index in [4.69, 9.17) is 19.7 Å². The van der Waals surface area contributed by atoms with Crippen molar-refractivity contribution in [3.63, 3.8) is 0 Å². The SMILES string of the molecule is C=C1N=C(N)C=CN1[C@H]1O[C@H](CO)[C@](C)(COP(C)(=O)N[C@@H](C)C(=O)OC(C)C)C1F. The number of nitrogens with two attached hydrogens (primary N) is 1. The van der Waals surface area contributed by atoms with E-state index >= 15 is 4.39 Å². The lowest BCUT2D eigenvalue weighted by Gasteiger charge is -2.33. The molecule has 0 aromatic carbocycles. The summed E-state index contributed by atoms with van der Waals surface area (Å²) in [6, 6.07) is -0.890. The number of carbonyl (C=O) groups is 1. The summed E-state index contributed by atoms with van der Waals surface area (Å²) < 4.78 is 44.7. The number of hydrogen-bond donors (Lipinski definition) is 3. The number of aliphatic hydroxyl groups excluding tert-OH is 1. The molecule has 0 radical (unpaired) electrons. The lowest BCUT2D eigenvalue weighted by molar-refractivity contribution is -0.149. The van der Waals surface area contributed by atoms with Gasteiger partial charge in [0.1, 0.15) is 17.7 Å². The largest absolute Gasteiger partial charge is 0.462 e. The number of carbonyl (C=O) groups excluding carboxylic acids is 1. The van der Waals surface area contributed by atoms with Gasteiger partial charge in [0.05, 0.1) is 30.8 Å². The van der Waals surface area contributed by atoms with Crippen LogP contribution in [-0.4, -0.2) is 72.3 Å². The highest BCUT2D eigenvalue weighted by Gasteiger charge is 2.56. The van der Waals surface area contributed by atoms with Gasteiger partial charge in [-0.2, -0.15) is 0 Å². The Hall–Kier alpha value is -1.78. The summed E-state index contributed by atoms with van der Waals surface area (Å²) in [4.78, 5) is 17.3. The van der Waals surface area contributed by atoms with Crippen molar-refractivity contribution in [3.05, 3.63) is 24.7 Å². The third-order valence-electron chi connectivity index (χ3n) is 5.08. The highest BCUT2D eigenvalue weighted by Crippen LogP contribution is 2.47. The van der Waals surface area contributed by atoms with E-state index in [2.05, 4.69) is 16.7 Å². The fourth-order valence-corrected chi connectivity index (χ4v) is 4.69. The van der Waals surface area contributed by atoms with Gasteiger partial charge in [-0.25, -0.2) is 14.5 Å². The van der Waals surface area contributed by atoms with E-state index in [1.807, 2.05) is 0 Å². The first-order valence-corrected chi connectivity index (χ1v) is 12.0. The van der Waals surface area contributed by atoms with Crippen LogP contribution in [0.2, 0.25) is 0 Å². The van der Waals surface area contributed by atoms with Crippen molar-refractivity contribution >= 4 is 19.3 Å². The van der Waals surface area contributed by atoms with Gasteiger partial charge >= 0.3 is 5.97 Å². The lowest BCUT2D eigenvalue weighted by atomic mass is 9.82. The zero-order chi connectivity index (χ0) is 23.6. The summed E-state index contributed by atoms with van der Waals surface area (Å²) in [6.45, 7) is 10.6. The van der Waals surface area contributed by atoms with Gasteiger partial charge in [0, 0.05) is 12.9 Å². The second-order valence-electron chi connectivity index (χ2n) is 8.24. The van der Waals surface area contributed by atoms with Crippen molar-refractivity contribution < 1.29 is 32.9 Å². The van der Waals surface area contributed by atoms with E-state index in [1.165, 1.54) is 37.7 Å². The number of nitrogens with one attached hydrogen (secondary N) is 1. The van der Waals surface area contributed by atoms with Gasteiger partial charge in [0.25, 0.3) is 7.52 Å². The Morgan fingerprint density at radius 3 is 2.74 bits per heavy atom. The molecule has 0 spiro atoms. The zero-order valence-corrected chi connectivity index (χ0v) is 19.3. The number of rotatable bonds is 9. The fraction of sp³-hybridized carbons (Fsp3) is 0.684. The lowest BCUT2D eigenvalue weighted by Crippen LogP contribution is -2.45. The summed E-state index contributed by atoms with van der Waals surface area (Å²) in [5, 5.41) is 12.4. The predicted octanol–water partition coefficient (Wildman–Crippen LogP) is 1.47. The molecule has 12 heteroatoms. The average molecular weight is 462 g/mol. The van der Waals surface area contributed by atoms with Crippen LogP contribution in [0.3, 0.4) is 0 Å². The monoisotopic (exact) mass is 462 g/mol. The molecule has 2 unspecified atom stereocenters. The summed E-state index contributed by atoms with van der Waals surface area (Å²) in [5.74, 6) is -0.166. The molecule has 1 saturated heterocycles. The molecule has 2 aliphatic heterocycles. The molecule has 4 N–H and O–H groups in total. The Morgan fingerprint density at radius 2 is 2.19 bits per heavy atom. The van der Waals surface area contributed by atoms with Crippen molar-refractivity contribution in [3.8, 4) is 0 Å². The summed E-state index contributed by atoms with van der Waals surface area (Å²) in [7, 11) is -3.51. The standard InChI is InChI=1S/C19H32FN4O6P/c1-11(2)29-18(26)12(3)23-31(6,27)28-10-19(5)14(9-25)30-17(16(19)20)24-8-7-15(21)22-13(24)4/h7-8,11-12,14,16-17,25H,4,9-10H2,1-3,5-6H3,(H2,21,22)(H,23,27)/t12-,14+,16?,17-,19-,31?/m0/s1. The van der Waals surface area contributed by atoms with Crippen LogP contribution in [0.25, 0.3) is 0 Å². The van der Waals surface area contributed by atoms with Gasteiger partial charge < -0.3 is 29.7 Å². The summed E-state index contributed by atoms with van der Waals surface area (Å²) >= 11 is 0. The second kappa shape index (κ2) is 9.79. The van der Waals surface area contributed by atoms with Crippen LogP contribution in [0, 0.1) is 5.41 Å². The average Bonchev–Trinajstić information content (AvgIpc) is 2.91. The van der Waals surface area contributed by atoms with Gasteiger partial charge in [0.15, 0.2) is 12.4 Å². The van der Waals surface area contributed by atoms with Crippen molar-refractivity contribution in [2.75, 3.05) is 19.9 Å². The van der Waals surface area contributed by atoms with Crippen LogP contribution in [0.1, 0.15) is 27.7 Å². The molecule has 2 heterocycles. The third-order valence-corrected chi connectivity index (χ3v) is 6.56. The highest BCUT2D eigenvalue weighted by atomic mass is 31.2. The molecule has 2 aliphatic rings. The highest BCUT2D eigenvalue weighted by molar-refractivity contribution is 7.56. The number of aliphatic hydroxyl groups is 1. The molecule has 1 fully saturated rings. The molecule has 176 valence electrons. The van der Waals surface area contributed by atoms with Crippen LogP contribution in [0.15, 0.2) is 29.7 Å². The minimum absolute atomic E-state index is 0.190. The maximum atomic E-state index is 15.5. The predicted molar refractivity (Wildman–Crippen MR) is 114 cm³/mol. The third kappa shape index (κ3) is 5.93.